The summed E-state index contributed by atoms with van der Waals surface area (Å²) in [6.45, 7) is 5.24. The van der Waals surface area contributed by atoms with Crippen LogP contribution in [0.3, 0.4) is 0 Å². The molecule has 0 spiro atoms. The minimum atomic E-state index is 0.122. The molecule has 0 atom stereocenters. The molecule has 3 nitrogen and oxygen atoms in total. The molecule has 0 bridgehead atoms. The summed E-state index contributed by atoms with van der Waals surface area (Å²) in [5, 5.41) is 9.28. The van der Waals surface area contributed by atoms with E-state index in [-0.39, 0.29) is 12.4 Å². The molecule has 0 heterocycles. The van der Waals surface area contributed by atoms with E-state index in [1.807, 2.05) is 25.1 Å². The molecule has 1 aliphatic carbocycles. The van der Waals surface area contributed by atoms with Gasteiger partial charge in [0, 0.05) is 18.2 Å². The highest BCUT2D eigenvalue weighted by Crippen LogP contribution is 2.23. The van der Waals surface area contributed by atoms with E-state index in [2.05, 4.69) is 11.8 Å². The molecule has 116 valence electrons. The first-order chi connectivity index (χ1) is 10.1. The van der Waals surface area contributed by atoms with E-state index >= 15 is 0 Å². The first-order valence-electron chi connectivity index (χ1n) is 8.07. The molecule has 0 amide bonds. The largest absolute Gasteiger partial charge is 0.395 e. The van der Waals surface area contributed by atoms with Gasteiger partial charge < -0.3 is 5.11 Å². The number of hydrogen-bond acceptors (Lipinski definition) is 3. The summed E-state index contributed by atoms with van der Waals surface area (Å²) < 4.78 is 0. The molecule has 0 saturated heterocycles. The highest BCUT2D eigenvalue weighted by Gasteiger charge is 2.23. The van der Waals surface area contributed by atoms with Crippen LogP contribution in [0, 0.1) is 13.8 Å². The molecule has 0 aromatic heterocycles. The van der Waals surface area contributed by atoms with Crippen molar-refractivity contribution in [3.8, 4) is 0 Å². The fraction of sp³-hybridized carbons (Fsp3) is 0.611. The van der Waals surface area contributed by atoms with Crippen molar-refractivity contribution < 1.29 is 9.90 Å². The Hall–Kier alpha value is -1.19. The number of aliphatic hydroxyl groups is 1. The Bertz CT molecular complexity index is 478. The minimum Gasteiger partial charge on any atom is -0.395 e. The first-order valence-corrected chi connectivity index (χ1v) is 8.07. The summed E-state index contributed by atoms with van der Waals surface area (Å²) in [5.41, 5.74) is 3.16. The predicted octanol–water partition coefficient (Wildman–Crippen LogP) is 3.11. The number of carbonyl (C=O) groups excluding carboxylic acids is 1. The zero-order valence-electron chi connectivity index (χ0n) is 13.3. The molecule has 1 aliphatic rings. The lowest BCUT2D eigenvalue weighted by Gasteiger charge is -2.33. The third kappa shape index (κ3) is 4.39. The number of aryl methyl sites for hydroxylation is 2. The molecule has 0 aliphatic heterocycles. The standard InChI is InChI=1S/C18H27NO2/c1-14-8-9-16(12-15(14)2)18(21)13-19(10-11-20)17-6-4-3-5-7-17/h8-9,12,17,20H,3-7,10-11,13H2,1-2H3. The molecule has 0 unspecified atom stereocenters. The van der Waals surface area contributed by atoms with Gasteiger partial charge in [0.2, 0.25) is 0 Å². The zero-order chi connectivity index (χ0) is 15.2. The van der Waals surface area contributed by atoms with Gasteiger partial charge in [0.15, 0.2) is 5.78 Å². The highest BCUT2D eigenvalue weighted by atomic mass is 16.3. The number of carbonyl (C=O) groups is 1. The molecule has 3 heteroatoms. The number of ketones is 1. The topological polar surface area (TPSA) is 40.5 Å². The van der Waals surface area contributed by atoms with E-state index in [1.165, 1.54) is 24.8 Å². The summed E-state index contributed by atoms with van der Waals surface area (Å²) in [7, 11) is 0. The molecule has 1 aromatic rings. The predicted molar refractivity (Wildman–Crippen MR) is 85.8 cm³/mol. The maximum absolute atomic E-state index is 12.5. The van der Waals surface area contributed by atoms with Gasteiger partial charge in [0.1, 0.15) is 0 Å². The molecule has 1 fully saturated rings. The number of aliphatic hydroxyl groups excluding tert-OH is 1. The summed E-state index contributed by atoms with van der Waals surface area (Å²) in [4.78, 5) is 14.7. The van der Waals surface area contributed by atoms with Crippen molar-refractivity contribution in [2.45, 2.75) is 52.0 Å². The second kappa shape index (κ2) is 7.71. The van der Waals surface area contributed by atoms with Gasteiger partial charge in [-0.15, -0.1) is 0 Å². The molecule has 1 saturated carbocycles. The normalized spacial score (nSPS) is 16.4. The number of Topliss-reactive ketones (excluding diaryl/α,β-unsaturated/α-hetero) is 1. The van der Waals surface area contributed by atoms with Crippen LogP contribution in [-0.2, 0) is 0 Å². The Balaban J connectivity index is 2.04. The Morgan fingerprint density at radius 2 is 1.90 bits per heavy atom. The second-order valence-electron chi connectivity index (χ2n) is 6.21. The number of benzene rings is 1. The van der Waals surface area contributed by atoms with E-state index in [0.29, 0.717) is 19.1 Å². The van der Waals surface area contributed by atoms with Gasteiger partial charge in [-0.05, 0) is 43.9 Å². The van der Waals surface area contributed by atoms with E-state index in [4.69, 9.17) is 0 Å². The van der Waals surface area contributed by atoms with Gasteiger partial charge in [-0.25, -0.2) is 0 Å². The van der Waals surface area contributed by atoms with Crippen LogP contribution in [0.2, 0.25) is 0 Å². The van der Waals surface area contributed by atoms with Gasteiger partial charge in [-0.1, -0.05) is 31.4 Å². The van der Waals surface area contributed by atoms with Crippen molar-refractivity contribution in [2.75, 3.05) is 19.7 Å². The Morgan fingerprint density at radius 3 is 2.52 bits per heavy atom. The lowest BCUT2D eigenvalue weighted by molar-refractivity contribution is 0.0814. The highest BCUT2D eigenvalue weighted by molar-refractivity contribution is 5.97. The molecular formula is C18H27NO2. The van der Waals surface area contributed by atoms with Crippen molar-refractivity contribution in [2.24, 2.45) is 0 Å². The molecule has 21 heavy (non-hydrogen) atoms. The van der Waals surface area contributed by atoms with Crippen LogP contribution in [-0.4, -0.2) is 41.5 Å². The Morgan fingerprint density at radius 1 is 1.19 bits per heavy atom. The second-order valence-corrected chi connectivity index (χ2v) is 6.21. The average molecular weight is 289 g/mol. The van der Waals surface area contributed by atoms with Crippen LogP contribution < -0.4 is 0 Å². The molecule has 2 rings (SSSR count). The van der Waals surface area contributed by atoms with E-state index in [0.717, 1.165) is 24.0 Å². The number of rotatable bonds is 6. The minimum absolute atomic E-state index is 0.122. The molecule has 1 aromatic carbocycles. The van der Waals surface area contributed by atoms with Crippen molar-refractivity contribution >= 4 is 5.78 Å². The Kier molecular flexibility index (Phi) is 5.95. The molecular weight excluding hydrogens is 262 g/mol. The molecule has 1 N–H and O–H groups in total. The summed E-state index contributed by atoms with van der Waals surface area (Å²) in [6.07, 6.45) is 6.09. The summed E-state index contributed by atoms with van der Waals surface area (Å²) in [6, 6.07) is 6.37. The fourth-order valence-corrected chi connectivity index (χ4v) is 3.16. The van der Waals surface area contributed by atoms with Crippen molar-refractivity contribution in [3.63, 3.8) is 0 Å². The van der Waals surface area contributed by atoms with Gasteiger partial charge in [0.05, 0.1) is 13.2 Å². The van der Waals surface area contributed by atoms with Crippen LogP contribution in [0.25, 0.3) is 0 Å². The summed E-state index contributed by atoms with van der Waals surface area (Å²) in [5.74, 6) is 0.164. The van der Waals surface area contributed by atoms with Crippen LogP contribution in [0.15, 0.2) is 18.2 Å². The third-order valence-corrected chi connectivity index (χ3v) is 4.65. The lowest BCUT2D eigenvalue weighted by Crippen LogP contribution is -2.42. The van der Waals surface area contributed by atoms with Crippen LogP contribution in [0.1, 0.15) is 53.6 Å². The van der Waals surface area contributed by atoms with Crippen LogP contribution >= 0.6 is 0 Å². The van der Waals surface area contributed by atoms with Gasteiger partial charge in [0.25, 0.3) is 0 Å². The maximum Gasteiger partial charge on any atom is 0.176 e. The van der Waals surface area contributed by atoms with Gasteiger partial charge >= 0.3 is 0 Å². The van der Waals surface area contributed by atoms with Crippen molar-refractivity contribution in [1.82, 2.24) is 4.90 Å². The van der Waals surface area contributed by atoms with E-state index in [1.54, 1.807) is 0 Å². The fourth-order valence-electron chi connectivity index (χ4n) is 3.16. The van der Waals surface area contributed by atoms with Crippen LogP contribution in [0.5, 0.6) is 0 Å². The van der Waals surface area contributed by atoms with Gasteiger partial charge in [-0.2, -0.15) is 0 Å². The lowest BCUT2D eigenvalue weighted by atomic mass is 9.93. The smallest absolute Gasteiger partial charge is 0.176 e. The van der Waals surface area contributed by atoms with E-state index in [9.17, 15) is 9.90 Å². The number of hydrogen-bond donors (Lipinski definition) is 1. The number of nitrogens with zero attached hydrogens (tertiary/aromatic N) is 1. The van der Waals surface area contributed by atoms with Gasteiger partial charge in [-0.3, -0.25) is 9.69 Å². The summed E-state index contributed by atoms with van der Waals surface area (Å²) >= 11 is 0. The van der Waals surface area contributed by atoms with Crippen LogP contribution in [0.4, 0.5) is 0 Å². The maximum atomic E-state index is 12.5. The average Bonchev–Trinajstić information content (AvgIpc) is 2.50. The van der Waals surface area contributed by atoms with E-state index < -0.39 is 0 Å². The first kappa shape index (κ1) is 16.2. The quantitative estimate of drug-likeness (QED) is 0.818. The monoisotopic (exact) mass is 289 g/mol. The SMILES string of the molecule is Cc1ccc(C(=O)CN(CCO)C2CCCCC2)cc1C. The molecule has 0 radical (unpaired) electrons. The Labute approximate surface area is 128 Å². The van der Waals surface area contributed by atoms with Crippen molar-refractivity contribution in [1.29, 1.82) is 0 Å². The zero-order valence-corrected chi connectivity index (χ0v) is 13.3. The third-order valence-electron chi connectivity index (χ3n) is 4.65. The van der Waals surface area contributed by atoms with Crippen molar-refractivity contribution in [3.05, 3.63) is 34.9 Å².